The number of azide groups is 1. The molecule has 0 aromatic carbocycles. The summed E-state index contributed by atoms with van der Waals surface area (Å²) < 4.78 is 7.06. The van der Waals surface area contributed by atoms with Crippen LogP contribution in [-0.4, -0.2) is 54.1 Å². The number of rotatable bonds is 3. The Morgan fingerprint density at radius 2 is 2.36 bits per heavy atom. The summed E-state index contributed by atoms with van der Waals surface area (Å²) in [7, 11) is 0. The molecular weight excluding hydrogens is 292 g/mol. The fourth-order valence-electron chi connectivity index (χ4n) is 2.67. The van der Waals surface area contributed by atoms with E-state index in [-0.39, 0.29) is 5.82 Å². The van der Waals surface area contributed by atoms with Crippen LogP contribution in [0.15, 0.2) is 17.6 Å². The Kier molecular flexibility index (Phi) is 3.34. The van der Waals surface area contributed by atoms with Crippen LogP contribution in [0.4, 0.5) is 5.82 Å². The summed E-state index contributed by atoms with van der Waals surface area (Å²) in [4.78, 5) is 10.7. The maximum Gasteiger partial charge on any atom is 0.196 e. The minimum Gasteiger partial charge on any atom is -0.394 e. The predicted molar refractivity (Wildman–Crippen MR) is 73.5 cm³/mol. The lowest BCUT2D eigenvalue weighted by Crippen LogP contribution is -2.41. The Bertz CT molecular complexity index is 757. The average Bonchev–Trinajstić information content (AvgIpc) is 3.02. The lowest BCUT2D eigenvalue weighted by molar-refractivity contribution is -0.0241. The first-order valence-electron chi connectivity index (χ1n) is 6.47. The van der Waals surface area contributed by atoms with Crippen LogP contribution in [0, 0.1) is 0 Å². The Balaban J connectivity index is 2.16. The fourth-order valence-corrected chi connectivity index (χ4v) is 2.67. The van der Waals surface area contributed by atoms with Crippen LogP contribution < -0.4 is 5.73 Å². The molecule has 11 nitrogen and oxygen atoms in total. The molecule has 0 bridgehead atoms. The molecule has 1 saturated heterocycles. The third kappa shape index (κ3) is 1.88. The molecule has 2 aromatic heterocycles. The summed E-state index contributed by atoms with van der Waals surface area (Å²) in [6.45, 7) is 1.13. The number of imidazole rings is 1. The van der Waals surface area contributed by atoms with Crippen molar-refractivity contribution < 1.29 is 14.9 Å². The van der Waals surface area contributed by atoms with Crippen LogP contribution >= 0.6 is 0 Å². The van der Waals surface area contributed by atoms with E-state index < -0.39 is 30.5 Å². The monoisotopic (exact) mass is 306 g/mol. The van der Waals surface area contributed by atoms with Crippen molar-refractivity contribution in [2.75, 3.05) is 12.3 Å². The van der Waals surface area contributed by atoms with Crippen molar-refractivity contribution in [2.24, 2.45) is 5.11 Å². The van der Waals surface area contributed by atoms with Crippen LogP contribution in [0.25, 0.3) is 16.1 Å². The van der Waals surface area contributed by atoms with Gasteiger partial charge in [0.1, 0.15) is 24.1 Å². The van der Waals surface area contributed by atoms with Crippen molar-refractivity contribution in [3.63, 3.8) is 0 Å². The van der Waals surface area contributed by atoms with Gasteiger partial charge in [-0.05, 0) is 12.5 Å². The average molecular weight is 306 g/mol. The van der Waals surface area contributed by atoms with Gasteiger partial charge in [0.05, 0.1) is 24.6 Å². The zero-order valence-corrected chi connectivity index (χ0v) is 11.6. The van der Waals surface area contributed by atoms with E-state index in [0.29, 0.717) is 11.3 Å². The highest BCUT2D eigenvalue weighted by Gasteiger charge is 2.54. The van der Waals surface area contributed by atoms with Crippen molar-refractivity contribution in [3.05, 3.63) is 28.7 Å². The number of aromatic nitrogens is 4. The van der Waals surface area contributed by atoms with Gasteiger partial charge in [-0.15, -0.1) is 0 Å². The summed E-state index contributed by atoms with van der Waals surface area (Å²) in [6.07, 6.45) is -0.191. The van der Waals surface area contributed by atoms with Gasteiger partial charge in [-0.3, -0.25) is 0 Å². The van der Waals surface area contributed by atoms with Crippen molar-refractivity contribution >= 4 is 11.5 Å². The van der Waals surface area contributed by atoms with Gasteiger partial charge >= 0.3 is 0 Å². The highest BCUT2D eigenvalue weighted by atomic mass is 16.5. The van der Waals surface area contributed by atoms with E-state index >= 15 is 0 Å². The molecule has 3 rings (SSSR count). The molecule has 116 valence electrons. The molecule has 11 heteroatoms. The molecule has 1 fully saturated rings. The fraction of sp³-hybridized carbons (Fsp3) is 0.545. The second kappa shape index (κ2) is 5.07. The standard InChI is InChI=1S/C11H14N8O3/c1-11(17-18-13)7(21)6(3-20)22-8(11)5-2-14-10-9(12)15-4-16-19(5)10/h2,4,6-8,20-21H,3H2,1H3,(H2,12,15,16)/t6-,7-,8?,11-/m1/s1. The normalized spacial score (nSPS) is 31.3. The molecule has 0 amide bonds. The topological polar surface area (TPSA) is 168 Å². The summed E-state index contributed by atoms with van der Waals surface area (Å²) in [5.41, 5.74) is 14.0. The zero-order valence-electron chi connectivity index (χ0n) is 11.6. The van der Waals surface area contributed by atoms with E-state index in [1.807, 2.05) is 0 Å². The van der Waals surface area contributed by atoms with Crippen molar-refractivity contribution in [1.82, 2.24) is 19.6 Å². The highest BCUT2D eigenvalue weighted by Crippen LogP contribution is 2.44. The van der Waals surface area contributed by atoms with E-state index in [9.17, 15) is 10.2 Å². The molecule has 0 saturated carbocycles. The summed E-state index contributed by atoms with van der Waals surface area (Å²) in [6, 6.07) is 0. The molecule has 1 aliphatic rings. The quantitative estimate of drug-likeness (QED) is 0.392. The molecule has 22 heavy (non-hydrogen) atoms. The van der Waals surface area contributed by atoms with Crippen LogP contribution in [-0.2, 0) is 4.74 Å². The van der Waals surface area contributed by atoms with Gasteiger partial charge in [-0.25, -0.2) is 14.5 Å². The first kappa shape index (κ1) is 14.5. The molecule has 0 aliphatic carbocycles. The zero-order chi connectivity index (χ0) is 15.9. The van der Waals surface area contributed by atoms with Gasteiger partial charge in [0, 0.05) is 4.91 Å². The molecule has 3 heterocycles. The second-order valence-corrected chi connectivity index (χ2v) is 5.16. The molecule has 1 aliphatic heterocycles. The molecule has 4 N–H and O–H groups in total. The largest absolute Gasteiger partial charge is 0.394 e. The molecule has 4 atom stereocenters. The summed E-state index contributed by atoms with van der Waals surface area (Å²) >= 11 is 0. The van der Waals surface area contributed by atoms with E-state index in [4.69, 9.17) is 16.0 Å². The number of fused-ring (bicyclic) bond motifs is 1. The Morgan fingerprint density at radius 3 is 3.05 bits per heavy atom. The van der Waals surface area contributed by atoms with Gasteiger partial charge in [-0.1, -0.05) is 5.11 Å². The first-order chi connectivity index (χ1) is 10.5. The SMILES string of the molecule is C[C@]1(N=[N+]=[N-])C(c2cnc3c(N)ncnn23)O[C@H](CO)[C@H]1O. The summed E-state index contributed by atoms with van der Waals surface area (Å²) in [5, 5.41) is 27.4. The summed E-state index contributed by atoms with van der Waals surface area (Å²) in [5.74, 6) is 0.184. The van der Waals surface area contributed by atoms with Gasteiger partial charge in [0.25, 0.3) is 0 Å². The number of nitrogens with zero attached hydrogens (tertiary/aromatic N) is 7. The number of nitrogens with two attached hydrogens (primary N) is 1. The molecular formula is C11H14N8O3. The molecule has 1 unspecified atom stereocenters. The number of ether oxygens (including phenoxy) is 1. The lowest BCUT2D eigenvalue weighted by Gasteiger charge is -2.26. The third-order valence-corrected chi connectivity index (χ3v) is 3.86. The maximum atomic E-state index is 10.3. The van der Waals surface area contributed by atoms with Crippen molar-refractivity contribution in [1.29, 1.82) is 0 Å². The maximum absolute atomic E-state index is 10.3. The van der Waals surface area contributed by atoms with Crippen molar-refractivity contribution in [2.45, 2.75) is 30.8 Å². The molecule has 0 radical (unpaired) electrons. The Hall–Kier alpha value is -2.46. The Morgan fingerprint density at radius 1 is 1.59 bits per heavy atom. The van der Waals surface area contributed by atoms with Crippen LogP contribution in [0.3, 0.4) is 0 Å². The molecule has 2 aromatic rings. The highest BCUT2D eigenvalue weighted by molar-refractivity contribution is 5.59. The van der Waals surface area contributed by atoms with E-state index in [2.05, 4.69) is 25.1 Å². The van der Waals surface area contributed by atoms with E-state index in [1.54, 1.807) is 6.92 Å². The Labute approximate surface area is 124 Å². The van der Waals surface area contributed by atoms with Crippen LogP contribution in [0.5, 0.6) is 0 Å². The van der Waals surface area contributed by atoms with E-state index in [0.717, 1.165) is 0 Å². The van der Waals surface area contributed by atoms with E-state index in [1.165, 1.54) is 17.0 Å². The number of hydrogen-bond acceptors (Lipinski definition) is 8. The number of aliphatic hydroxyl groups excluding tert-OH is 2. The predicted octanol–water partition coefficient (Wildman–Crippen LogP) is -0.431. The van der Waals surface area contributed by atoms with Crippen LogP contribution in [0.1, 0.15) is 18.7 Å². The van der Waals surface area contributed by atoms with Gasteiger partial charge in [0.2, 0.25) is 0 Å². The van der Waals surface area contributed by atoms with Crippen LogP contribution in [0.2, 0.25) is 0 Å². The number of hydrogen-bond donors (Lipinski definition) is 3. The number of anilines is 1. The number of nitrogen functional groups attached to an aromatic ring is 1. The first-order valence-corrected chi connectivity index (χ1v) is 6.47. The lowest BCUT2D eigenvalue weighted by atomic mass is 9.88. The minimum absolute atomic E-state index is 0.184. The van der Waals surface area contributed by atoms with Gasteiger partial charge in [-0.2, -0.15) is 5.10 Å². The molecule has 0 spiro atoms. The minimum atomic E-state index is -1.32. The third-order valence-electron chi connectivity index (χ3n) is 3.86. The number of aliphatic hydroxyl groups is 2. The second-order valence-electron chi connectivity index (χ2n) is 5.16. The van der Waals surface area contributed by atoms with Crippen molar-refractivity contribution in [3.8, 4) is 0 Å². The smallest absolute Gasteiger partial charge is 0.196 e. The van der Waals surface area contributed by atoms with Gasteiger partial charge < -0.3 is 20.7 Å². The van der Waals surface area contributed by atoms with Gasteiger partial charge in [0.15, 0.2) is 11.5 Å².